The van der Waals surface area contributed by atoms with Gasteiger partial charge in [0.2, 0.25) is 0 Å². The second kappa shape index (κ2) is 7.00. The quantitative estimate of drug-likeness (QED) is 0.696. The summed E-state index contributed by atoms with van der Waals surface area (Å²) in [7, 11) is 0. The highest BCUT2D eigenvalue weighted by Crippen LogP contribution is 2.35. The van der Waals surface area contributed by atoms with Gasteiger partial charge in [0, 0.05) is 0 Å². The molecule has 0 aromatic heterocycles. The van der Waals surface area contributed by atoms with E-state index in [-0.39, 0.29) is 0 Å². The molecule has 0 aromatic rings. The maximum absolute atomic E-state index is 11.3. The molecule has 0 atom stereocenters. The van der Waals surface area contributed by atoms with Crippen molar-refractivity contribution in [2.24, 2.45) is 5.41 Å². The van der Waals surface area contributed by atoms with Crippen molar-refractivity contribution in [2.75, 3.05) is 19.6 Å². The third kappa shape index (κ3) is 3.98. The number of hydrogen-bond acceptors (Lipinski definition) is 2. The Kier molecular flexibility index (Phi) is 5.96. The molecule has 0 aromatic carbocycles. The minimum Gasteiger partial charge on any atom is -0.481 e. The Morgan fingerprint density at radius 3 is 2.29 bits per heavy atom. The Morgan fingerprint density at radius 1 is 1.18 bits per heavy atom. The van der Waals surface area contributed by atoms with Gasteiger partial charge in [0.15, 0.2) is 0 Å². The fourth-order valence-electron chi connectivity index (χ4n) is 2.69. The highest BCUT2D eigenvalue weighted by Gasteiger charge is 2.39. The second-order valence-corrected chi connectivity index (χ2v) is 5.34. The van der Waals surface area contributed by atoms with E-state index in [2.05, 4.69) is 11.8 Å². The van der Waals surface area contributed by atoms with Gasteiger partial charge in [-0.3, -0.25) is 4.79 Å². The molecule has 1 N–H and O–H groups in total. The summed E-state index contributed by atoms with van der Waals surface area (Å²) in [6.45, 7) is 7.31. The molecule has 0 spiro atoms. The van der Waals surface area contributed by atoms with Crippen LogP contribution in [-0.4, -0.2) is 35.6 Å². The monoisotopic (exact) mass is 241 g/mol. The lowest BCUT2D eigenvalue weighted by Gasteiger charge is -2.38. The zero-order valence-corrected chi connectivity index (χ0v) is 11.4. The SMILES string of the molecule is CCCCCCN1CCC(CC)(C(=O)O)CC1. The summed E-state index contributed by atoms with van der Waals surface area (Å²) in [5.74, 6) is -0.592. The van der Waals surface area contributed by atoms with Gasteiger partial charge in [-0.05, 0) is 45.3 Å². The normalized spacial score (nSPS) is 20.4. The van der Waals surface area contributed by atoms with Crippen molar-refractivity contribution < 1.29 is 9.90 Å². The molecule has 1 rings (SSSR count). The number of hydrogen-bond donors (Lipinski definition) is 1. The predicted octanol–water partition coefficient (Wildman–Crippen LogP) is 3.14. The topological polar surface area (TPSA) is 40.5 Å². The van der Waals surface area contributed by atoms with Gasteiger partial charge in [-0.15, -0.1) is 0 Å². The van der Waals surface area contributed by atoms with E-state index in [1.165, 1.54) is 25.7 Å². The molecule has 0 radical (unpaired) electrons. The Morgan fingerprint density at radius 2 is 1.82 bits per heavy atom. The van der Waals surface area contributed by atoms with Gasteiger partial charge in [0.25, 0.3) is 0 Å². The summed E-state index contributed by atoms with van der Waals surface area (Å²) in [6, 6.07) is 0. The van der Waals surface area contributed by atoms with Crippen molar-refractivity contribution >= 4 is 5.97 Å². The van der Waals surface area contributed by atoms with E-state index < -0.39 is 11.4 Å². The first-order chi connectivity index (χ1) is 8.14. The smallest absolute Gasteiger partial charge is 0.309 e. The van der Waals surface area contributed by atoms with Crippen LogP contribution in [0.1, 0.15) is 58.8 Å². The van der Waals surface area contributed by atoms with Crippen LogP contribution in [0, 0.1) is 5.41 Å². The van der Waals surface area contributed by atoms with Crippen molar-refractivity contribution in [3.05, 3.63) is 0 Å². The number of rotatable bonds is 7. The third-order valence-electron chi connectivity index (χ3n) is 4.27. The predicted molar refractivity (Wildman–Crippen MR) is 70.2 cm³/mol. The second-order valence-electron chi connectivity index (χ2n) is 5.34. The van der Waals surface area contributed by atoms with Gasteiger partial charge < -0.3 is 10.0 Å². The van der Waals surface area contributed by atoms with Crippen LogP contribution >= 0.6 is 0 Å². The highest BCUT2D eigenvalue weighted by atomic mass is 16.4. The summed E-state index contributed by atoms with van der Waals surface area (Å²) in [5.41, 5.74) is -0.431. The molecule has 0 bridgehead atoms. The van der Waals surface area contributed by atoms with Crippen LogP contribution in [0.25, 0.3) is 0 Å². The Bertz CT molecular complexity index is 232. The standard InChI is InChI=1S/C14H27NO2/c1-3-5-6-7-10-15-11-8-14(4-2,9-12-15)13(16)17/h3-12H2,1-2H3,(H,16,17). The van der Waals surface area contributed by atoms with Crippen LogP contribution in [0.4, 0.5) is 0 Å². The molecule has 0 amide bonds. The number of carbonyl (C=O) groups is 1. The van der Waals surface area contributed by atoms with Crippen molar-refractivity contribution in [3.8, 4) is 0 Å². The first-order valence-corrected chi connectivity index (χ1v) is 7.10. The summed E-state index contributed by atoms with van der Waals surface area (Å²) in [6.07, 6.45) is 7.59. The third-order valence-corrected chi connectivity index (χ3v) is 4.27. The van der Waals surface area contributed by atoms with E-state index in [4.69, 9.17) is 0 Å². The first-order valence-electron chi connectivity index (χ1n) is 7.10. The Balaban J connectivity index is 2.27. The number of unbranched alkanes of at least 4 members (excludes halogenated alkanes) is 3. The Labute approximate surface area is 105 Å². The summed E-state index contributed by atoms with van der Waals surface area (Å²) in [4.78, 5) is 13.7. The molecular formula is C14H27NO2. The van der Waals surface area contributed by atoms with E-state index in [9.17, 15) is 9.90 Å². The minimum atomic E-state index is -0.592. The number of piperidine rings is 1. The molecule has 0 unspecified atom stereocenters. The van der Waals surface area contributed by atoms with Gasteiger partial charge in [0.05, 0.1) is 5.41 Å². The molecule has 0 saturated carbocycles. The van der Waals surface area contributed by atoms with E-state index >= 15 is 0 Å². The largest absolute Gasteiger partial charge is 0.481 e. The van der Waals surface area contributed by atoms with Crippen molar-refractivity contribution in [1.29, 1.82) is 0 Å². The van der Waals surface area contributed by atoms with E-state index in [0.29, 0.717) is 0 Å². The maximum Gasteiger partial charge on any atom is 0.309 e. The average Bonchev–Trinajstić information content (AvgIpc) is 2.35. The molecule has 3 nitrogen and oxygen atoms in total. The van der Waals surface area contributed by atoms with Gasteiger partial charge >= 0.3 is 5.97 Å². The molecule has 17 heavy (non-hydrogen) atoms. The average molecular weight is 241 g/mol. The summed E-state index contributed by atoms with van der Waals surface area (Å²) >= 11 is 0. The van der Waals surface area contributed by atoms with Gasteiger partial charge in [-0.1, -0.05) is 33.1 Å². The van der Waals surface area contributed by atoms with E-state index in [1.54, 1.807) is 0 Å². The van der Waals surface area contributed by atoms with Crippen molar-refractivity contribution in [2.45, 2.75) is 58.8 Å². The molecule has 1 aliphatic heterocycles. The molecule has 1 saturated heterocycles. The lowest BCUT2D eigenvalue weighted by Crippen LogP contribution is -2.44. The number of carboxylic acids is 1. The fourth-order valence-corrected chi connectivity index (χ4v) is 2.69. The fraction of sp³-hybridized carbons (Fsp3) is 0.929. The van der Waals surface area contributed by atoms with Crippen LogP contribution in [0.2, 0.25) is 0 Å². The molecule has 3 heteroatoms. The van der Waals surface area contributed by atoms with Gasteiger partial charge in [-0.2, -0.15) is 0 Å². The lowest BCUT2D eigenvalue weighted by molar-refractivity contribution is -0.152. The minimum absolute atomic E-state index is 0.431. The molecule has 100 valence electrons. The molecular weight excluding hydrogens is 214 g/mol. The van der Waals surface area contributed by atoms with Crippen LogP contribution in [0.15, 0.2) is 0 Å². The van der Waals surface area contributed by atoms with Gasteiger partial charge in [-0.25, -0.2) is 0 Å². The Hall–Kier alpha value is -0.570. The number of carboxylic acid groups (broad SMARTS) is 1. The molecule has 1 heterocycles. The maximum atomic E-state index is 11.3. The number of nitrogens with zero attached hydrogens (tertiary/aromatic N) is 1. The number of likely N-dealkylation sites (tertiary alicyclic amines) is 1. The first kappa shape index (κ1) is 14.5. The van der Waals surface area contributed by atoms with Crippen LogP contribution < -0.4 is 0 Å². The lowest BCUT2D eigenvalue weighted by atomic mass is 9.76. The highest BCUT2D eigenvalue weighted by molar-refractivity contribution is 5.74. The van der Waals surface area contributed by atoms with Crippen LogP contribution in [-0.2, 0) is 4.79 Å². The molecule has 1 aliphatic rings. The van der Waals surface area contributed by atoms with E-state index in [1.807, 2.05) is 6.92 Å². The summed E-state index contributed by atoms with van der Waals surface area (Å²) < 4.78 is 0. The van der Waals surface area contributed by atoms with Crippen molar-refractivity contribution in [3.63, 3.8) is 0 Å². The van der Waals surface area contributed by atoms with Crippen molar-refractivity contribution in [1.82, 2.24) is 4.90 Å². The zero-order chi connectivity index (χ0) is 12.7. The number of aliphatic carboxylic acids is 1. The van der Waals surface area contributed by atoms with Crippen LogP contribution in [0.3, 0.4) is 0 Å². The zero-order valence-electron chi connectivity index (χ0n) is 11.4. The summed E-state index contributed by atoms with van der Waals surface area (Å²) in [5, 5.41) is 9.30. The van der Waals surface area contributed by atoms with E-state index in [0.717, 1.165) is 38.9 Å². The molecule has 1 fully saturated rings. The molecule has 0 aliphatic carbocycles. The van der Waals surface area contributed by atoms with Gasteiger partial charge in [0.1, 0.15) is 0 Å². The van der Waals surface area contributed by atoms with Crippen LogP contribution in [0.5, 0.6) is 0 Å².